The summed E-state index contributed by atoms with van der Waals surface area (Å²) in [5, 5.41) is 3.10. The lowest BCUT2D eigenvalue weighted by molar-refractivity contribution is 0.0934. The summed E-state index contributed by atoms with van der Waals surface area (Å²) in [6, 6.07) is 16.4. The number of fused-ring (bicyclic) bond motifs is 1. The average molecular weight is 386 g/mol. The van der Waals surface area contributed by atoms with Gasteiger partial charge in [-0.2, -0.15) is 0 Å². The fraction of sp³-hybridized carbons (Fsp3) is 0.292. The van der Waals surface area contributed by atoms with Crippen LogP contribution in [0.5, 0.6) is 0 Å². The standard InChI is InChI=1S/C24H26N4O/c1-16-13-25-17(2)23(27-16)18-8-10-19(11-9-18)24(29)26-14-22-12-20-6-4-5-7-21(20)15-28(22)3/h4-11,13,22H,12,14-15H2,1-3H3,(H,26,29). The molecule has 2 heterocycles. The van der Waals surface area contributed by atoms with E-state index in [1.807, 2.05) is 38.1 Å². The maximum absolute atomic E-state index is 12.7. The molecule has 1 aliphatic rings. The minimum Gasteiger partial charge on any atom is -0.350 e. The fourth-order valence-corrected chi connectivity index (χ4v) is 3.85. The van der Waals surface area contributed by atoms with Crippen molar-refractivity contribution in [3.05, 3.63) is 82.8 Å². The molecule has 29 heavy (non-hydrogen) atoms. The minimum absolute atomic E-state index is 0.0455. The second-order valence-corrected chi connectivity index (χ2v) is 7.77. The summed E-state index contributed by atoms with van der Waals surface area (Å²) >= 11 is 0. The molecular formula is C24H26N4O. The first-order chi connectivity index (χ1) is 14.0. The SMILES string of the molecule is Cc1cnc(C)c(-c2ccc(C(=O)NCC3Cc4ccccc4CN3C)cc2)n1. The summed E-state index contributed by atoms with van der Waals surface area (Å²) in [4.78, 5) is 23.9. The van der Waals surface area contributed by atoms with Gasteiger partial charge in [-0.05, 0) is 50.6 Å². The Kier molecular flexibility index (Phi) is 5.41. The number of amides is 1. The number of hydrogen-bond donors (Lipinski definition) is 1. The lowest BCUT2D eigenvalue weighted by Crippen LogP contribution is -2.45. The number of rotatable bonds is 4. The van der Waals surface area contributed by atoms with Gasteiger partial charge >= 0.3 is 0 Å². The van der Waals surface area contributed by atoms with Crippen molar-refractivity contribution >= 4 is 5.91 Å². The molecule has 1 unspecified atom stereocenters. The normalized spacial score (nSPS) is 16.3. The number of aryl methyl sites for hydroxylation is 2. The molecule has 3 aromatic rings. The molecule has 0 fully saturated rings. The van der Waals surface area contributed by atoms with Crippen molar-refractivity contribution < 1.29 is 4.79 Å². The number of likely N-dealkylation sites (N-methyl/N-ethyl adjacent to an activating group) is 1. The zero-order chi connectivity index (χ0) is 20.4. The van der Waals surface area contributed by atoms with Gasteiger partial charge in [0.15, 0.2) is 0 Å². The average Bonchev–Trinajstić information content (AvgIpc) is 2.74. The van der Waals surface area contributed by atoms with Crippen LogP contribution in [0.4, 0.5) is 0 Å². The highest BCUT2D eigenvalue weighted by atomic mass is 16.1. The van der Waals surface area contributed by atoms with Crippen molar-refractivity contribution in [1.29, 1.82) is 0 Å². The molecule has 1 amide bonds. The van der Waals surface area contributed by atoms with Crippen LogP contribution in [0.15, 0.2) is 54.7 Å². The summed E-state index contributed by atoms with van der Waals surface area (Å²) in [7, 11) is 2.12. The number of nitrogens with one attached hydrogen (secondary N) is 1. The van der Waals surface area contributed by atoms with Crippen LogP contribution in [0.1, 0.15) is 32.9 Å². The van der Waals surface area contributed by atoms with Gasteiger partial charge in [0.1, 0.15) is 0 Å². The lowest BCUT2D eigenvalue weighted by Gasteiger charge is -2.34. The number of benzene rings is 2. The van der Waals surface area contributed by atoms with Gasteiger partial charge in [-0.15, -0.1) is 0 Å². The number of hydrogen-bond acceptors (Lipinski definition) is 4. The van der Waals surface area contributed by atoms with Crippen molar-refractivity contribution in [2.24, 2.45) is 0 Å². The van der Waals surface area contributed by atoms with Crippen LogP contribution in [-0.4, -0.2) is 40.4 Å². The molecule has 1 aliphatic heterocycles. The summed E-state index contributed by atoms with van der Waals surface area (Å²) in [6.07, 6.45) is 2.72. The monoisotopic (exact) mass is 386 g/mol. The molecule has 2 aromatic carbocycles. The third kappa shape index (κ3) is 4.20. The predicted molar refractivity (Wildman–Crippen MR) is 115 cm³/mol. The van der Waals surface area contributed by atoms with E-state index in [4.69, 9.17) is 0 Å². The molecule has 0 spiro atoms. The van der Waals surface area contributed by atoms with Crippen LogP contribution in [-0.2, 0) is 13.0 Å². The highest BCUT2D eigenvalue weighted by Gasteiger charge is 2.23. The van der Waals surface area contributed by atoms with E-state index in [0.29, 0.717) is 18.2 Å². The molecule has 0 bridgehead atoms. The molecule has 148 valence electrons. The van der Waals surface area contributed by atoms with Gasteiger partial charge in [-0.1, -0.05) is 36.4 Å². The first-order valence-electron chi connectivity index (χ1n) is 9.97. The van der Waals surface area contributed by atoms with E-state index in [9.17, 15) is 4.79 Å². The van der Waals surface area contributed by atoms with E-state index < -0.39 is 0 Å². The minimum atomic E-state index is -0.0455. The number of nitrogens with zero attached hydrogens (tertiary/aromatic N) is 3. The van der Waals surface area contributed by atoms with E-state index in [1.165, 1.54) is 11.1 Å². The number of aromatic nitrogens is 2. The first kappa shape index (κ1) is 19.3. The van der Waals surface area contributed by atoms with E-state index in [1.54, 1.807) is 6.20 Å². The zero-order valence-corrected chi connectivity index (χ0v) is 17.1. The molecule has 0 saturated heterocycles. The van der Waals surface area contributed by atoms with Crippen LogP contribution < -0.4 is 5.32 Å². The molecule has 5 nitrogen and oxygen atoms in total. The third-order valence-corrected chi connectivity index (χ3v) is 5.61. The van der Waals surface area contributed by atoms with E-state index >= 15 is 0 Å². The Balaban J connectivity index is 1.41. The Bertz CT molecular complexity index is 1030. The van der Waals surface area contributed by atoms with Gasteiger partial charge in [0.2, 0.25) is 0 Å². The molecule has 0 saturated carbocycles. The van der Waals surface area contributed by atoms with Gasteiger partial charge in [0.25, 0.3) is 5.91 Å². The molecule has 1 aromatic heterocycles. The number of carbonyl (C=O) groups is 1. The van der Waals surface area contributed by atoms with Crippen LogP contribution in [0, 0.1) is 13.8 Å². The van der Waals surface area contributed by atoms with Crippen LogP contribution in [0.25, 0.3) is 11.3 Å². The highest BCUT2D eigenvalue weighted by molar-refractivity contribution is 5.94. The Morgan fingerprint density at radius 1 is 1.10 bits per heavy atom. The predicted octanol–water partition coefficient (Wildman–Crippen LogP) is 3.55. The Labute approximate surface area is 171 Å². The quantitative estimate of drug-likeness (QED) is 0.745. The summed E-state index contributed by atoms with van der Waals surface area (Å²) in [5.74, 6) is -0.0455. The molecule has 5 heteroatoms. The van der Waals surface area contributed by atoms with Gasteiger partial charge in [-0.25, -0.2) is 4.98 Å². The van der Waals surface area contributed by atoms with E-state index in [0.717, 1.165) is 35.6 Å². The summed E-state index contributed by atoms with van der Waals surface area (Å²) in [6.45, 7) is 5.43. The van der Waals surface area contributed by atoms with Crippen molar-refractivity contribution in [2.45, 2.75) is 32.9 Å². The van der Waals surface area contributed by atoms with E-state index in [2.05, 4.69) is 51.5 Å². The van der Waals surface area contributed by atoms with Gasteiger partial charge in [0, 0.05) is 36.5 Å². The van der Waals surface area contributed by atoms with Crippen molar-refractivity contribution in [3.63, 3.8) is 0 Å². The molecule has 1 N–H and O–H groups in total. The van der Waals surface area contributed by atoms with E-state index in [-0.39, 0.29) is 5.91 Å². The van der Waals surface area contributed by atoms with Crippen LogP contribution in [0.3, 0.4) is 0 Å². The molecule has 4 rings (SSSR count). The third-order valence-electron chi connectivity index (χ3n) is 5.61. The molecule has 0 aliphatic carbocycles. The van der Waals surface area contributed by atoms with Crippen molar-refractivity contribution in [2.75, 3.05) is 13.6 Å². The molecule has 0 radical (unpaired) electrons. The van der Waals surface area contributed by atoms with Gasteiger partial charge in [-0.3, -0.25) is 14.7 Å². The second-order valence-electron chi connectivity index (χ2n) is 7.77. The van der Waals surface area contributed by atoms with Crippen LogP contribution >= 0.6 is 0 Å². The van der Waals surface area contributed by atoms with Crippen molar-refractivity contribution in [1.82, 2.24) is 20.2 Å². The molecular weight excluding hydrogens is 360 g/mol. The number of carbonyl (C=O) groups excluding carboxylic acids is 1. The smallest absolute Gasteiger partial charge is 0.251 e. The van der Waals surface area contributed by atoms with Gasteiger partial charge in [0.05, 0.1) is 17.1 Å². The Morgan fingerprint density at radius 3 is 2.59 bits per heavy atom. The largest absolute Gasteiger partial charge is 0.350 e. The maximum atomic E-state index is 12.7. The molecule has 1 atom stereocenters. The van der Waals surface area contributed by atoms with Gasteiger partial charge < -0.3 is 5.32 Å². The second kappa shape index (κ2) is 8.13. The van der Waals surface area contributed by atoms with Crippen molar-refractivity contribution in [3.8, 4) is 11.3 Å². The fourth-order valence-electron chi connectivity index (χ4n) is 3.85. The maximum Gasteiger partial charge on any atom is 0.251 e. The summed E-state index contributed by atoms with van der Waals surface area (Å²) in [5.41, 5.74) is 7.01. The first-order valence-corrected chi connectivity index (χ1v) is 9.97. The zero-order valence-electron chi connectivity index (χ0n) is 17.1. The highest BCUT2D eigenvalue weighted by Crippen LogP contribution is 2.22. The Morgan fingerprint density at radius 2 is 1.83 bits per heavy atom. The summed E-state index contributed by atoms with van der Waals surface area (Å²) < 4.78 is 0. The lowest BCUT2D eigenvalue weighted by atomic mass is 9.94. The Hall–Kier alpha value is -3.05. The van der Waals surface area contributed by atoms with Crippen LogP contribution in [0.2, 0.25) is 0 Å². The topological polar surface area (TPSA) is 58.1 Å².